The van der Waals surface area contributed by atoms with Gasteiger partial charge in [-0.1, -0.05) is 17.7 Å². The quantitative estimate of drug-likeness (QED) is 0.417. The molecule has 4 rings (SSSR count). The molecule has 10 heteroatoms. The van der Waals surface area contributed by atoms with E-state index < -0.39 is 41.7 Å². The van der Waals surface area contributed by atoms with Gasteiger partial charge in [0.25, 0.3) is 0 Å². The lowest BCUT2D eigenvalue weighted by molar-refractivity contribution is -0.143. The maximum atomic E-state index is 13.2. The summed E-state index contributed by atoms with van der Waals surface area (Å²) >= 11 is 0. The molecule has 2 aliphatic rings. The van der Waals surface area contributed by atoms with Crippen molar-refractivity contribution in [3.8, 4) is 0 Å². The molecule has 2 aromatic rings. The average Bonchev–Trinajstić information content (AvgIpc) is 3.07. The van der Waals surface area contributed by atoms with Crippen LogP contribution in [0, 0.1) is 26.7 Å². The molecule has 2 fully saturated rings. The SMILES string of the molecule is Cc1cc(C)c(CNC(=O)C2CC3(C)NC2CCC3OCc2cc(C(F)(F)F)cc(C(F)(F)F)c2)c(C)c1. The van der Waals surface area contributed by atoms with Gasteiger partial charge < -0.3 is 15.4 Å². The summed E-state index contributed by atoms with van der Waals surface area (Å²) in [5, 5.41) is 6.49. The fourth-order valence-corrected chi connectivity index (χ4v) is 5.97. The molecule has 208 valence electrons. The number of carbonyl (C=O) groups excluding carboxylic acids is 1. The molecule has 0 radical (unpaired) electrons. The molecule has 2 aliphatic heterocycles. The lowest BCUT2D eigenvalue weighted by Crippen LogP contribution is -2.55. The summed E-state index contributed by atoms with van der Waals surface area (Å²) in [6, 6.07) is 5.56. The van der Waals surface area contributed by atoms with E-state index in [9.17, 15) is 31.1 Å². The van der Waals surface area contributed by atoms with Crippen LogP contribution in [0.4, 0.5) is 26.3 Å². The lowest BCUT2D eigenvalue weighted by Gasteiger charge is -2.39. The first-order chi connectivity index (χ1) is 17.6. The zero-order valence-electron chi connectivity index (χ0n) is 21.7. The molecular weight excluding hydrogens is 510 g/mol. The van der Waals surface area contributed by atoms with Crippen LogP contribution in [0.5, 0.6) is 0 Å². The van der Waals surface area contributed by atoms with Gasteiger partial charge in [0, 0.05) is 18.1 Å². The zero-order valence-corrected chi connectivity index (χ0v) is 21.7. The average molecular weight is 543 g/mol. The Morgan fingerprint density at radius 1 is 0.974 bits per heavy atom. The number of rotatable bonds is 6. The zero-order chi connectivity index (χ0) is 28.0. The second-order valence-electron chi connectivity index (χ2n) is 10.9. The monoisotopic (exact) mass is 542 g/mol. The number of hydrogen-bond donors (Lipinski definition) is 2. The van der Waals surface area contributed by atoms with Gasteiger partial charge in [-0.2, -0.15) is 26.3 Å². The molecule has 38 heavy (non-hydrogen) atoms. The minimum atomic E-state index is -4.91. The van der Waals surface area contributed by atoms with Crippen molar-refractivity contribution >= 4 is 5.91 Å². The number of alkyl halides is 6. The predicted octanol–water partition coefficient (Wildman–Crippen LogP) is 6.38. The summed E-state index contributed by atoms with van der Waals surface area (Å²) in [6.45, 7) is 7.94. The second kappa shape index (κ2) is 10.2. The molecule has 2 heterocycles. The third-order valence-electron chi connectivity index (χ3n) is 7.81. The molecule has 2 aromatic carbocycles. The summed E-state index contributed by atoms with van der Waals surface area (Å²) in [4.78, 5) is 13.1. The summed E-state index contributed by atoms with van der Waals surface area (Å²) < 4.78 is 85.2. The van der Waals surface area contributed by atoms with Crippen molar-refractivity contribution in [3.05, 3.63) is 69.3 Å². The minimum Gasteiger partial charge on any atom is -0.372 e. The number of ether oxygens (including phenoxy) is 1. The summed E-state index contributed by atoms with van der Waals surface area (Å²) in [6.07, 6.45) is -8.69. The number of halogens is 6. The Balaban J connectivity index is 1.42. The summed E-state index contributed by atoms with van der Waals surface area (Å²) in [7, 11) is 0. The van der Waals surface area contributed by atoms with E-state index in [1.54, 1.807) is 0 Å². The molecule has 0 spiro atoms. The highest BCUT2D eigenvalue weighted by Crippen LogP contribution is 2.42. The lowest BCUT2D eigenvalue weighted by atomic mass is 9.88. The highest BCUT2D eigenvalue weighted by atomic mass is 19.4. The van der Waals surface area contributed by atoms with E-state index in [1.165, 1.54) is 0 Å². The van der Waals surface area contributed by atoms with Gasteiger partial charge in [0.2, 0.25) is 5.91 Å². The summed E-state index contributed by atoms with van der Waals surface area (Å²) in [5.41, 5.74) is 0.881. The first-order valence-electron chi connectivity index (χ1n) is 12.6. The third kappa shape index (κ3) is 6.01. The van der Waals surface area contributed by atoms with Crippen molar-refractivity contribution in [1.82, 2.24) is 10.6 Å². The molecule has 1 amide bonds. The Kier molecular flexibility index (Phi) is 7.62. The van der Waals surface area contributed by atoms with Crippen LogP contribution in [0.2, 0.25) is 0 Å². The molecular formula is C28H32F6N2O2. The molecule has 4 unspecified atom stereocenters. The molecule has 4 atom stereocenters. The van der Waals surface area contributed by atoms with Gasteiger partial charge in [0.15, 0.2) is 0 Å². The van der Waals surface area contributed by atoms with E-state index in [0.717, 1.165) is 22.3 Å². The van der Waals surface area contributed by atoms with E-state index in [2.05, 4.69) is 22.8 Å². The number of nitrogens with one attached hydrogen (secondary N) is 2. The van der Waals surface area contributed by atoms with Crippen LogP contribution < -0.4 is 10.6 Å². The number of hydrogen-bond acceptors (Lipinski definition) is 3. The maximum absolute atomic E-state index is 13.2. The van der Waals surface area contributed by atoms with Crippen molar-refractivity contribution in [2.45, 2.75) is 90.1 Å². The van der Waals surface area contributed by atoms with E-state index in [1.807, 2.05) is 27.7 Å². The van der Waals surface area contributed by atoms with Gasteiger partial charge >= 0.3 is 12.4 Å². The van der Waals surface area contributed by atoms with Gasteiger partial charge in [-0.25, -0.2) is 0 Å². The molecule has 2 saturated heterocycles. The fourth-order valence-electron chi connectivity index (χ4n) is 5.97. The van der Waals surface area contributed by atoms with Crippen LogP contribution in [0.15, 0.2) is 30.3 Å². The Morgan fingerprint density at radius 3 is 2.11 bits per heavy atom. The standard InChI is InChI=1S/C28H32F6N2O2/c1-15-7-16(2)22(17(3)8-15)13-35-25(37)21-12-26(4)24(6-5-23(21)36-26)38-14-18-9-19(27(29,30)31)11-20(10-18)28(32,33)34/h7-11,21,23-24,36H,5-6,12-14H2,1-4H3,(H,35,37). The Morgan fingerprint density at radius 2 is 1.55 bits per heavy atom. The van der Waals surface area contributed by atoms with E-state index >= 15 is 0 Å². The number of piperidine rings is 1. The topological polar surface area (TPSA) is 50.4 Å². The predicted molar refractivity (Wildman–Crippen MR) is 130 cm³/mol. The number of amides is 1. The van der Waals surface area contributed by atoms with Gasteiger partial charge in [-0.15, -0.1) is 0 Å². The van der Waals surface area contributed by atoms with Gasteiger partial charge in [-0.05, 0) is 87.4 Å². The first kappa shape index (κ1) is 28.4. The van der Waals surface area contributed by atoms with Crippen molar-refractivity contribution < 1.29 is 35.9 Å². The molecule has 4 nitrogen and oxygen atoms in total. The number of aryl methyl sites for hydroxylation is 3. The normalized spacial score (nSPS) is 25.5. The Hall–Kier alpha value is -2.59. The van der Waals surface area contributed by atoms with E-state index in [0.29, 0.717) is 37.9 Å². The Bertz CT molecular complexity index is 1150. The van der Waals surface area contributed by atoms with Crippen molar-refractivity contribution in [2.75, 3.05) is 0 Å². The number of carbonyl (C=O) groups is 1. The Labute approximate surface area is 218 Å². The van der Waals surface area contributed by atoms with E-state index in [4.69, 9.17) is 4.74 Å². The van der Waals surface area contributed by atoms with Crippen LogP contribution in [-0.4, -0.2) is 23.6 Å². The van der Waals surface area contributed by atoms with Gasteiger partial charge in [-0.3, -0.25) is 4.79 Å². The number of benzene rings is 2. The highest BCUT2D eigenvalue weighted by molar-refractivity contribution is 5.80. The molecule has 0 aliphatic carbocycles. The first-order valence-corrected chi connectivity index (χ1v) is 12.6. The van der Waals surface area contributed by atoms with Gasteiger partial charge in [0.1, 0.15) is 0 Å². The van der Waals surface area contributed by atoms with Gasteiger partial charge in [0.05, 0.1) is 29.8 Å². The van der Waals surface area contributed by atoms with Crippen LogP contribution in [0.1, 0.15) is 65.1 Å². The molecule has 2 bridgehead atoms. The molecule has 0 saturated carbocycles. The maximum Gasteiger partial charge on any atom is 0.416 e. The molecule has 2 N–H and O–H groups in total. The minimum absolute atomic E-state index is 0.0783. The van der Waals surface area contributed by atoms with Crippen LogP contribution in [0.25, 0.3) is 0 Å². The molecule has 0 aromatic heterocycles. The summed E-state index contributed by atoms with van der Waals surface area (Å²) in [5.74, 6) is -0.399. The second-order valence-corrected chi connectivity index (χ2v) is 10.9. The van der Waals surface area contributed by atoms with Crippen LogP contribution in [-0.2, 0) is 35.0 Å². The van der Waals surface area contributed by atoms with Crippen LogP contribution >= 0.6 is 0 Å². The third-order valence-corrected chi connectivity index (χ3v) is 7.81. The van der Waals surface area contributed by atoms with Crippen LogP contribution in [0.3, 0.4) is 0 Å². The van der Waals surface area contributed by atoms with Crippen molar-refractivity contribution in [2.24, 2.45) is 5.92 Å². The van der Waals surface area contributed by atoms with Crippen molar-refractivity contribution in [3.63, 3.8) is 0 Å². The van der Waals surface area contributed by atoms with E-state index in [-0.39, 0.29) is 29.5 Å². The fraction of sp³-hybridized carbons (Fsp3) is 0.536. The highest BCUT2D eigenvalue weighted by Gasteiger charge is 2.52. The number of fused-ring (bicyclic) bond motifs is 2. The smallest absolute Gasteiger partial charge is 0.372 e. The van der Waals surface area contributed by atoms with Crippen molar-refractivity contribution in [1.29, 1.82) is 0 Å². The largest absolute Gasteiger partial charge is 0.416 e.